The second-order valence-corrected chi connectivity index (χ2v) is 7.76. The second kappa shape index (κ2) is 9.22. The van der Waals surface area contributed by atoms with Gasteiger partial charge < -0.3 is 9.80 Å². The molecule has 0 radical (unpaired) electrons. The zero-order valence-electron chi connectivity index (χ0n) is 16.6. The van der Waals surface area contributed by atoms with E-state index in [-0.39, 0.29) is 5.82 Å². The van der Waals surface area contributed by atoms with Crippen molar-refractivity contribution in [2.75, 3.05) is 31.1 Å². The molecule has 1 aromatic carbocycles. The zero-order chi connectivity index (χ0) is 20.1. The number of guanidine groups is 1. The van der Waals surface area contributed by atoms with Gasteiger partial charge in [-0.1, -0.05) is 31.4 Å². The number of benzene rings is 1. The molecule has 1 saturated carbocycles. The molecule has 2 aromatic rings. The highest BCUT2D eigenvalue weighted by molar-refractivity contribution is 5.82. The minimum Gasteiger partial charge on any atom is -0.351 e. The van der Waals surface area contributed by atoms with Gasteiger partial charge in [0.05, 0.1) is 5.69 Å². The van der Waals surface area contributed by atoms with Gasteiger partial charge >= 0.3 is 0 Å². The van der Waals surface area contributed by atoms with Gasteiger partial charge in [-0.25, -0.2) is 19.8 Å². The van der Waals surface area contributed by atoms with Crippen molar-refractivity contribution in [3.63, 3.8) is 0 Å². The van der Waals surface area contributed by atoms with Crippen LogP contribution in [-0.2, 0) is 0 Å². The van der Waals surface area contributed by atoms with Crippen LogP contribution in [0.4, 0.5) is 15.9 Å². The van der Waals surface area contributed by atoms with Gasteiger partial charge in [0.15, 0.2) is 11.6 Å². The molecule has 2 N–H and O–H groups in total. The summed E-state index contributed by atoms with van der Waals surface area (Å²) in [6.07, 6.45) is 8.13. The van der Waals surface area contributed by atoms with Crippen LogP contribution in [0.5, 0.6) is 0 Å². The van der Waals surface area contributed by atoms with Gasteiger partial charge in [0.25, 0.3) is 0 Å². The highest BCUT2D eigenvalue weighted by Crippen LogP contribution is 2.33. The molecule has 6 nitrogen and oxygen atoms in total. The number of hydroxylamine groups is 1. The summed E-state index contributed by atoms with van der Waals surface area (Å²) in [5.41, 5.74) is 4.42. The monoisotopic (exact) mass is 397 g/mol. The predicted molar refractivity (Wildman–Crippen MR) is 112 cm³/mol. The van der Waals surface area contributed by atoms with E-state index in [9.17, 15) is 9.60 Å². The van der Waals surface area contributed by atoms with E-state index in [0.717, 1.165) is 5.69 Å². The summed E-state index contributed by atoms with van der Waals surface area (Å²) >= 11 is 0. The van der Waals surface area contributed by atoms with Crippen molar-refractivity contribution in [1.82, 2.24) is 15.4 Å². The SMILES string of the molecule is ONC(=Nc1ccc(C2CCCCC2)cc1)N1CCN(c2ncccc2F)CC1. The maximum atomic E-state index is 14.0. The lowest BCUT2D eigenvalue weighted by atomic mass is 9.84. The van der Waals surface area contributed by atoms with E-state index in [1.165, 1.54) is 43.7 Å². The molecule has 1 aliphatic carbocycles. The van der Waals surface area contributed by atoms with Gasteiger partial charge in [-0.05, 0) is 48.6 Å². The van der Waals surface area contributed by atoms with Gasteiger partial charge in [0, 0.05) is 32.4 Å². The Labute approximate surface area is 171 Å². The zero-order valence-corrected chi connectivity index (χ0v) is 16.6. The Balaban J connectivity index is 1.40. The molecule has 7 heteroatoms. The number of aliphatic imine (C=N–C) groups is 1. The Morgan fingerprint density at radius 3 is 2.41 bits per heavy atom. The molecule has 0 unspecified atom stereocenters. The molecule has 1 saturated heterocycles. The van der Waals surface area contributed by atoms with Crippen molar-refractivity contribution in [2.45, 2.75) is 38.0 Å². The van der Waals surface area contributed by atoms with Crippen LogP contribution in [-0.4, -0.2) is 47.2 Å². The van der Waals surface area contributed by atoms with E-state index >= 15 is 0 Å². The molecule has 0 spiro atoms. The fraction of sp³-hybridized carbons (Fsp3) is 0.455. The summed E-state index contributed by atoms with van der Waals surface area (Å²) < 4.78 is 14.0. The number of pyridine rings is 1. The number of hydrogen-bond donors (Lipinski definition) is 2. The first kappa shape index (κ1) is 19.6. The number of hydrogen-bond acceptors (Lipinski definition) is 4. The summed E-state index contributed by atoms with van der Waals surface area (Å²) in [5, 5.41) is 9.62. The number of anilines is 1. The lowest BCUT2D eigenvalue weighted by Crippen LogP contribution is -2.52. The molecule has 4 rings (SSSR count). The highest BCUT2D eigenvalue weighted by atomic mass is 19.1. The smallest absolute Gasteiger partial charge is 0.223 e. The van der Waals surface area contributed by atoms with E-state index in [1.54, 1.807) is 12.3 Å². The maximum Gasteiger partial charge on any atom is 0.223 e. The number of piperazine rings is 1. The highest BCUT2D eigenvalue weighted by Gasteiger charge is 2.22. The van der Waals surface area contributed by atoms with Crippen molar-refractivity contribution in [3.8, 4) is 0 Å². The topological polar surface area (TPSA) is 64.0 Å². The molecule has 154 valence electrons. The van der Waals surface area contributed by atoms with Crippen molar-refractivity contribution in [2.24, 2.45) is 4.99 Å². The molecule has 0 amide bonds. The minimum absolute atomic E-state index is 0.312. The third kappa shape index (κ3) is 4.67. The summed E-state index contributed by atoms with van der Waals surface area (Å²) in [6.45, 7) is 2.44. The van der Waals surface area contributed by atoms with Crippen molar-refractivity contribution in [3.05, 3.63) is 54.0 Å². The average Bonchev–Trinajstić information content (AvgIpc) is 2.79. The third-order valence-electron chi connectivity index (χ3n) is 5.92. The summed E-state index contributed by atoms with van der Waals surface area (Å²) in [7, 11) is 0. The van der Waals surface area contributed by atoms with Crippen LogP contribution in [0.15, 0.2) is 47.6 Å². The minimum atomic E-state index is -0.312. The first-order valence-corrected chi connectivity index (χ1v) is 10.4. The van der Waals surface area contributed by atoms with Crippen LogP contribution in [0, 0.1) is 5.82 Å². The number of halogens is 1. The van der Waals surface area contributed by atoms with Crippen molar-refractivity contribution < 1.29 is 9.60 Å². The fourth-order valence-corrected chi connectivity index (χ4v) is 4.29. The van der Waals surface area contributed by atoms with Gasteiger partial charge in [-0.15, -0.1) is 0 Å². The van der Waals surface area contributed by atoms with Crippen molar-refractivity contribution in [1.29, 1.82) is 0 Å². The Morgan fingerprint density at radius 2 is 1.76 bits per heavy atom. The molecule has 29 heavy (non-hydrogen) atoms. The van der Waals surface area contributed by atoms with Crippen LogP contribution in [0.2, 0.25) is 0 Å². The quantitative estimate of drug-likeness (QED) is 0.465. The van der Waals surface area contributed by atoms with E-state index < -0.39 is 0 Å². The van der Waals surface area contributed by atoms with E-state index in [4.69, 9.17) is 0 Å². The Kier molecular flexibility index (Phi) is 6.24. The van der Waals surface area contributed by atoms with Crippen LogP contribution in [0.1, 0.15) is 43.6 Å². The number of nitrogens with zero attached hydrogens (tertiary/aromatic N) is 4. The molecule has 1 aliphatic heterocycles. The third-order valence-corrected chi connectivity index (χ3v) is 5.92. The normalized spacial score (nSPS) is 18.8. The molecular formula is C22H28FN5O. The Morgan fingerprint density at radius 1 is 1.03 bits per heavy atom. The lowest BCUT2D eigenvalue weighted by molar-refractivity contribution is 0.207. The Bertz CT molecular complexity index is 827. The van der Waals surface area contributed by atoms with Crippen LogP contribution in [0.3, 0.4) is 0 Å². The Hall–Kier alpha value is -2.67. The fourth-order valence-electron chi connectivity index (χ4n) is 4.29. The molecule has 1 aromatic heterocycles. The van der Waals surface area contributed by atoms with Gasteiger partial charge in [-0.3, -0.25) is 5.21 Å². The van der Waals surface area contributed by atoms with Gasteiger partial charge in [0.2, 0.25) is 5.96 Å². The predicted octanol–water partition coefficient (Wildman–Crippen LogP) is 4.06. The molecule has 2 aliphatic rings. The number of nitrogens with one attached hydrogen (secondary N) is 1. The number of aromatic nitrogens is 1. The standard InChI is InChI=1S/C22H28FN5O/c23-20-7-4-12-24-21(20)27-13-15-28(16-14-27)22(26-29)25-19-10-8-18(9-11-19)17-5-2-1-3-6-17/h4,7-12,17,29H,1-3,5-6,13-16H2,(H,25,26). The van der Waals surface area contributed by atoms with E-state index in [0.29, 0.717) is 43.9 Å². The van der Waals surface area contributed by atoms with Crippen molar-refractivity contribution >= 4 is 17.5 Å². The molecule has 0 bridgehead atoms. The largest absolute Gasteiger partial charge is 0.351 e. The van der Waals surface area contributed by atoms with E-state index in [1.807, 2.05) is 21.9 Å². The molecular weight excluding hydrogens is 369 g/mol. The van der Waals surface area contributed by atoms with Gasteiger partial charge in [-0.2, -0.15) is 0 Å². The summed E-state index contributed by atoms with van der Waals surface area (Å²) in [4.78, 5) is 12.6. The van der Waals surface area contributed by atoms with E-state index in [2.05, 4.69) is 27.6 Å². The van der Waals surface area contributed by atoms with Crippen LogP contribution >= 0.6 is 0 Å². The molecule has 2 heterocycles. The maximum absolute atomic E-state index is 14.0. The summed E-state index contributed by atoms with van der Waals surface area (Å²) in [5.74, 6) is 1.14. The molecule has 2 fully saturated rings. The van der Waals surface area contributed by atoms with Crippen LogP contribution < -0.4 is 10.4 Å². The first-order chi connectivity index (χ1) is 14.2. The summed E-state index contributed by atoms with van der Waals surface area (Å²) in [6, 6.07) is 11.4. The molecule has 0 atom stereocenters. The van der Waals surface area contributed by atoms with Gasteiger partial charge in [0.1, 0.15) is 0 Å². The lowest BCUT2D eigenvalue weighted by Gasteiger charge is -2.36. The first-order valence-electron chi connectivity index (χ1n) is 10.4. The van der Waals surface area contributed by atoms with Crippen LogP contribution in [0.25, 0.3) is 0 Å². The second-order valence-electron chi connectivity index (χ2n) is 7.76. The number of rotatable bonds is 3. The average molecular weight is 397 g/mol.